The third-order valence-electron chi connectivity index (χ3n) is 3.50. The van der Waals surface area contributed by atoms with Crippen molar-refractivity contribution in [1.29, 1.82) is 0 Å². The number of tetrazole rings is 1. The van der Waals surface area contributed by atoms with Crippen LogP contribution in [0.4, 0.5) is 5.69 Å². The molecule has 6 heteroatoms. The van der Waals surface area contributed by atoms with Crippen LogP contribution in [-0.2, 0) is 19.5 Å². The predicted molar refractivity (Wildman–Crippen MR) is 72.8 cm³/mol. The van der Waals surface area contributed by atoms with Crippen molar-refractivity contribution >= 4 is 5.69 Å². The quantitative estimate of drug-likeness (QED) is 0.851. The standard InChI is InChI=1S/C13H18N6/c1-19-6-2-3-11-7-10(4-5-12(11)19)8-14-9-13-15-17-18-16-13/h4-5,7,14H,2-3,6,8-9H2,1H3,(H,15,16,17,18). The molecule has 0 saturated carbocycles. The highest BCUT2D eigenvalue weighted by Gasteiger charge is 2.13. The number of nitrogens with zero attached hydrogens (tertiary/aromatic N) is 4. The van der Waals surface area contributed by atoms with Crippen molar-refractivity contribution in [3.63, 3.8) is 0 Å². The molecule has 6 nitrogen and oxygen atoms in total. The number of benzene rings is 1. The van der Waals surface area contributed by atoms with Gasteiger partial charge in [0.1, 0.15) is 0 Å². The van der Waals surface area contributed by atoms with E-state index in [9.17, 15) is 0 Å². The van der Waals surface area contributed by atoms with E-state index in [2.05, 4.69) is 56.1 Å². The number of anilines is 1. The number of hydrogen-bond donors (Lipinski definition) is 2. The van der Waals surface area contributed by atoms with E-state index in [-0.39, 0.29) is 0 Å². The second kappa shape index (κ2) is 5.36. The molecule has 0 fully saturated rings. The van der Waals surface area contributed by atoms with Gasteiger partial charge < -0.3 is 10.2 Å². The Hall–Kier alpha value is -1.95. The Morgan fingerprint density at radius 1 is 1.37 bits per heavy atom. The van der Waals surface area contributed by atoms with Crippen LogP contribution in [0.3, 0.4) is 0 Å². The summed E-state index contributed by atoms with van der Waals surface area (Å²) in [5.74, 6) is 0.692. The Balaban J connectivity index is 1.62. The Kier molecular flexibility index (Phi) is 3.41. The fourth-order valence-electron chi connectivity index (χ4n) is 2.52. The molecular weight excluding hydrogens is 240 g/mol. The van der Waals surface area contributed by atoms with Crippen LogP contribution in [0.2, 0.25) is 0 Å². The predicted octanol–water partition coefficient (Wildman–Crippen LogP) is 0.872. The van der Waals surface area contributed by atoms with Gasteiger partial charge in [-0.1, -0.05) is 17.3 Å². The van der Waals surface area contributed by atoms with Gasteiger partial charge in [-0.05, 0) is 30.0 Å². The molecule has 0 spiro atoms. The zero-order chi connectivity index (χ0) is 13.1. The number of H-pyrrole nitrogens is 1. The zero-order valence-electron chi connectivity index (χ0n) is 11.1. The molecule has 1 aliphatic rings. The summed E-state index contributed by atoms with van der Waals surface area (Å²) in [6.45, 7) is 2.61. The third-order valence-corrected chi connectivity index (χ3v) is 3.50. The first-order valence-corrected chi connectivity index (χ1v) is 6.59. The molecule has 0 radical (unpaired) electrons. The molecule has 0 atom stereocenters. The summed E-state index contributed by atoms with van der Waals surface area (Å²) in [7, 11) is 2.16. The average Bonchev–Trinajstić information content (AvgIpc) is 2.92. The van der Waals surface area contributed by atoms with Crippen molar-refractivity contribution in [3.8, 4) is 0 Å². The van der Waals surface area contributed by atoms with Gasteiger partial charge in [0.05, 0.1) is 6.54 Å². The molecule has 3 rings (SSSR count). The smallest absolute Gasteiger partial charge is 0.188 e. The first-order chi connectivity index (χ1) is 9.33. The highest BCUT2D eigenvalue weighted by molar-refractivity contribution is 5.56. The first-order valence-electron chi connectivity index (χ1n) is 6.59. The second-order valence-corrected chi connectivity index (χ2v) is 4.92. The zero-order valence-corrected chi connectivity index (χ0v) is 11.1. The number of hydrogen-bond acceptors (Lipinski definition) is 5. The van der Waals surface area contributed by atoms with E-state index < -0.39 is 0 Å². The van der Waals surface area contributed by atoms with Gasteiger partial charge in [0.15, 0.2) is 5.82 Å². The fourth-order valence-corrected chi connectivity index (χ4v) is 2.52. The van der Waals surface area contributed by atoms with E-state index in [1.165, 1.54) is 29.7 Å². The molecule has 19 heavy (non-hydrogen) atoms. The van der Waals surface area contributed by atoms with Crippen LogP contribution in [0, 0.1) is 0 Å². The Bertz CT molecular complexity index is 536. The summed E-state index contributed by atoms with van der Waals surface area (Å²) in [6.07, 6.45) is 2.42. The van der Waals surface area contributed by atoms with Crippen LogP contribution in [0.25, 0.3) is 0 Å². The lowest BCUT2D eigenvalue weighted by atomic mass is 9.99. The number of aromatic nitrogens is 4. The van der Waals surface area contributed by atoms with E-state index in [0.717, 1.165) is 13.1 Å². The van der Waals surface area contributed by atoms with E-state index in [0.29, 0.717) is 12.4 Å². The molecule has 0 unspecified atom stereocenters. The van der Waals surface area contributed by atoms with Gasteiger partial charge in [-0.3, -0.25) is 0 Å². The van der Waals surface area contributed by atoms with Gasteiger partial charge in [0, 0.05) is 25.8 Å². The van der Waals surface area contributed by atoms with Crippen LogP contribution in [0.1, 0.15) is 23.4 Å². The summed E-state index contributed by atoms with van der Waals surface area (Å²) < 4.78 is 0. The maximum atomic E-state index is 3.91. The van der Waals surface area contributed by atoms with Crippen LogP contribution in [0.5, 0.6) is 0 Å². The normalized spacial score (nSPS) is 14.5. The molecule has 0 saturated heterocycles. The summed E-state index contributed by atoms with van der Waals surface area (Å²) in [5.41, 5.74) is 4.12. The fraction of sp³-hybridized carbons (Fsp3) is 0.462. The summed E-state index contributed by atoms with van der Waals surface area (Å²) in [6, 6.07) is 6.71. The highest BCUT2D eigenvalue weighted by atomic mass is 15.5. The Morgan fingerprint density at radius 2 is 2.32 bits per heavy atom. The molecule has 1 aliphatic heterocycles. The van der Waals surface area contributed by atoms with Crippen molar-refractivity contribution < 1.29 is 0 Å². The van der Waals surface area contributed by atoms with Crippen molar-refractivity contribution in [2.45, 2.75) is 25.9 Å². The van der Waals surface area contributed by atoms with Gasteiger partial charge in [0.2, 0.25) is 0 Å². The lowest BCUT2D eigenvalue weighted by Gasteiger charge is -2.27. The lowest BCUT2D eigenvalue weighted by Crippen LogP contribution is -2.24. The van der Waals surface area contributed by atoms with Gasteiger partial charge >= 0.3 is 0 Å². The maximum absolute atomic E-state index is 3.91. The molecule has 1 aromatic heterocycles. The molecule has 2 N–H and O–H groups in total. The SMILES string of the molecule is CN1CCCc2cc(CNCc3nn[nH]n3)ccc21. The molecule has 2 heterocycles. The third kappa shape index (κ3) is 2.73. The Morgan fingerprint density at radius 3 is 3.16 bits per heavy atom. The van der Waals surface area contributed by atoms with Crippen LogP contribution in [-0.4, -0.2) is 34.2 Å². The maximum Gasteiger partial charge on any atom is 0.188 e. The van der Waals surface area contributed by atoms with Crippen molar-refractivity contribution in [2.24, 2.45) is 0 Å². The van der Waals surface area contributed by atoms with E-state index >= 15 is 0 Å². The summed E-state index contributed by atoms with van der Waals surface area (Å²) in [5, 5.41) is 17.1. The van der Waals surface area contributed by atoms with E-state index in [4.69, 9.17) is 0 Å². The largest absolute Gasteiger partial charge is 0.374 e. The number of fused-ring (bicyclic) bond motifs is 1. The first kappa shape index (κ1) is 12.1. The second-order valence-electron chi connectivity index (χ2n) is 4.92. The average molecular weight is 258 g/mol. The van der Waals surface area contributed by atoms with Gasteiger partial charge in [-0.25, -0.2) is 0 Å². The topological polar surface area (TPSA) is 69.7 Å². The molecular formula is C13H18N6. The number of aromatic amines is 1. The van der Waals surface area contributed by atoms with Crippen LogP contribution in [0.15, 0.2) is 18.2 Å². The molecule has 100 valence electrons. The number of aryl methyl sites for hydroxylation is 1. The molecule has 0 amide bonds. The molecule has 1 aromatic carbocycles. The van der Waals surface area contributed by atoms with Crippen LogP contribution >= 0.6 is 0 Å². The van der Waals surface area contributed by atoms with E-state index in [1.54, 1.807) is 0 Å². The van der Waals surface area contributed by atoms with Crippen LogP contribution < -0.4 is 10.2 Å². The molecule has 2 aromatic rings. The highest BCUT2D eigenvalue weighted by Crippen LogP contribution is 2.26. The minimum Gasteiger partial charge on any atom is -0.374 e. The minimum atomic E-state index is 0.632. The van der Waals surface area contributed by atoms with Gasteiger partial charge in [-0.15, -0.1) is 10.2 Å². The van der Waals surface area contributed by atoms with Gasteiger partial charge in [-0.2, -0.15) is 5.21 Å². The minimum absolute atomic E-state index is 0.632. The summed E-state index contributed by atoms with van der Waals surface area (Å²) >= 11 is 0. The van der Waals surface area contributed by atoms with Crippen molar-refractivity contribution in [3.05, 3.63) is 35.2 Å². The Labute approximate surface area is 112 Å². The lowest BCUT2D eigenvalue weighted by molar-refractivity contribution is 0.661. The van der Waals surface area contributed by atoms with Crippen molar-refractivity contribution in [2.75, 3.05) is 18.5 Å². The van der Waals surface area contributed by atoms with Crippen molar-refractivity contribution in [1.82, 2.24) is 25.9 Å². The van der Waals surface area contributed by atoms with E-state index in [1.807, 2.05) is 0 Å². The number of rotatable bonds is 4. The molecule has 0 aliphatic carbocycles. The monoisotopic (exact) mass is 258 g/mol. The summed E-state index contributed by atoms with van der Waals surface area (Å²) in [4.78, 5) is 2.33. The van der Waals surface area contributed by atoms with Gasteiger partial charge in [0.25, 0.3) is 0 Å². The molecule has 0 bridgehead atoms. The number of nitrogens with one attached hydrogen (secondary N) is 2.